The van der Waals surface area contributed by atoms with Gasteiger partial charge in [-0.1, -0.05) is 19.4 Å². The molecule has 144 valence electrons. The summed E-state index contributed by atoms with van der Waals surface area (Å²) in [6, 6.07) is -0.690. The predicted octanol–water partition coefficient (Wildman–Crippen LogP) is 1.78. The number of rotatable bonds is 2. The molecule has 7 atom stereocenters. The Bertz CT molecular complexity index is 959. The number of hydrogen-bond acceptors (Lipinski definition) is 5. The highest BCUT2D eigenvalue weighted by Gasteiger charge is 2.68. The Labute approximate surface area is 164 Å². The van der Waals surface area contributed by atoms with Gasteiger partial charge in [-0.25, -0.2) is 0 Å². The van der Waals surface area contributed by atoms with Crippen molar-refractivity contribution in [3.05, 3.63) is 11.6 Å². The van der Waals surface area contributed by atoms with Crippen LogP contribution in [0.25, 0.3) is 0 Å². The lowest BCUT2D eigenvalue weighted by atomic mass is 9.45. The number of carbonyl (C=O) groups excluding carboxylic acids is 2. The average Bonchev–Trinajstić information content (AvgIpc) is 2.88. The van der Waals surface area contributed by atoms with Gasteiger partial charge in [-0.15, -0.1) is 0 Å². The van der Waals surface area contributed by atoms with E-state index in [-0.39, 0.29) is 37.7 Å². The molecule has 0 aromatic carbocycles. The number of carbonyl (C=O) groups is 2. The molecule has 3 N–H and O–H groups in total. The van der Waals surface area contributed by atoms with Crippen molar-refractivity contribution >= 4 is 11.6 Å². The molecule has 0 unspecified atom stereocenters. The Balaban J connectivity index is 1.86. The van der Waals surface area contributed by atoms with Gasteiger partial charge in [-0.05, 0) is 67.7 Å². The molecule has 5 nitrogen and oxygen atoms in total. The maximum Gasteiger partial charge on any atom is 0.190 e. The topological polar surface area (TPSA) is 94.8 Å². The lowest BCUT2D eigenvalue weighted by molar-refractivity contribution is -0.182. The monoisotopic (exact) mass is 369 g/mol. The Hall–Kier alpha value is -1.04. The second kappa shape index (κ2) is 5.73. The van der Waals surface area contributed by atoms with Crippen molar-refractivity contribution in [1.82, 2.24) is 0 Å². The number of fused-ring (bicyclic) bond motifs is 5. The van der Waals surface area contributed by atoms with Gasteiger partial charge in [-0.3, -0.25) is 9.59 Å². The first kappa shape index (κ1) is 11.7. The standard InChI is InChI=1S/C21H30O5/c1-19-7-5-13(23)9-12(19)3-4-14-15-6-8-21(26,17(25)11-22)20(15,2)10-16(24)18(14)19/h9,14-16,18,22,24,26H,3-8,10-11H2,1-2H3/t14-,15-,16-,18+,19-,20-,21-/m0/s1/i3D2,5D2,9D,11D2. The summed E-state index contributed by atoms with van der Waals surface area (Å²) in [6.45, 7) is -0.145. The highest BCUT2D eigenvalue weighted by molar-refractivity contribution is 5.91. The van der Waals surface area contributed by atoms with E-state index in [1.165, 1.54) is 0 Å². The number of allylic oxidation sites excluding steroid dienone is 1. The Kier molecular flexibility index (Phi) is 2.58. The fourth-order valence-electron chi connectivity index (χ4n) is 6.41. The average molecular weight is 370 g/mol. The van der Waals surface area contributed by atoms with Crippen molar-refractivity contribution in [1.29, 1.82) is 0 Å². The van der Waals surface area contributed by atoms with E-state index in [4.69, 9.17) is 9.60 Å². The highest BCUT2D eigenvalue weighted by atomic mass is 16.3. The largest absolute Gasteiger partial charge is 0.393 e. The van der Waals surface area contributed by atoms with Gasteiger partial charge in [0.25, 0.3) is 0 Å². The van der Waals surface area contributed by atoms with E-state index in [0.717, 1.165) is 0 Å². The van der Waals surface area contributed by atoms with Crippen molar-refractivity contribution in [2.45, 2.75) is 70.4 Å². The van der Waals surface area contributed by atoms with Crippen LogP contribution in [0.2, 0.25) is 0 Å². The fraction of sp³-hybridized carbons (Fsp3) is 0.810. The van der Waals surface area contributed by atoms with Crippen LogP contribution in [-0.2, 0) is 9.59 Å². The van der Waals surface area contributed by atoms with Crippen LogP contribution in [0.3, 0.4) is 0 Å². The van der Waals surface area contributed by atoms with Crippen LogP contribution in [0.4, 0.5) is 0 Å². The fourth-order valence-corrected chi connectivity index (χ4v) is 6.41. The molecule has 4 aliphatic carbocycles. The van der Waals surface area contributed by atoms with E-state index < -0.39 is 77.2 Å². The molecule has 0 bridgehead atoms. The van der Waals surface area contributed by atoms with Crippen LogP contribution in [-0.4, -0.2) is 45.2 Å². The number of hydrogen-bond donors (Lipinski definition) is 3. The van der Waals surface area contributed by atoms with Gasteiger partial charge in [-0.2, -0.15) is 0 Å². The van der Waals surface area contributed by atoms with Crippen LogP contribution in [0.15, 0.2) is 11.6 Å². The van der Waals surface area contributed by atoms with Gasteiger partial charge >= 0.3 is 0 Å². The summed E-state index contributed by atoms with van der Waals surface area (Å²) >= 11 is 0. The predicted molar refractivity (Wildman–Crippen MR) is 95.1 cm³/mol. The third-order valence-electron chi connectivity index (χ3n) is 7.76. The molecule has 0 spiro atoms. The van der Waals surface area contributed by atoms with Crippen molar-refractivity contribution in [2.24, 2.45) is 28.6 Å². The minimum absolute atomic E-state index is 0.102. The summed E-state index contributed by atoms with van der Waals surface area (Å²) in [7, 11) is 0. The van der Waals surface area contributed by atoms with Crippen molar-refractivity contribution < 1.29 is 34.5 Å². The Morgan fingerprint density at radius 1 is 1.38 bits per heavy atom. The molecule has 3 saturated carbocycles. The summed E-state index contributed by atoms with van der Waals surface area (Å²) in [4.78, 5) is 25.2. The summed E-state index contributed by atoms with van der Waals surface area (Å²) in [5.41, 5.74) is -5.04. The second-order valence-corrected chi connectivity index (χ2v) is 8.81. The molecular weight excluding hydrogens is 332 g/mol. The van der Waals surface area contributed by atoms with Gasteiger partial charge in [0.1, 0.15) is 12.2 Å². The van der Waals surface area contributed by atoms with E-state index in [1.807, 2.05) is 0 Å². The summed E-state index contributed by atoms with van der Waals surface area (Å²) in [5, 5.41) is 32.4. The number of aliphatic hydroxyl groups excluding tert-OH is 1. The molecule has 0 aromatic rings. The van der Waals surface area contributed by atoms with Gasteiger partial charge in [0.15, 0.2) is 11.6 Å². The zero-order valence-corrected chi connectivity index (χ0v) is 15.0. The van der Waals surface area contributed by atoms with Crippen molar-refractivity contribution in [3.8, 4) is 0 Å². The quantitative estimate of drug-likeness (QED) is 0.690. The van der Waals surface area contributed by atoms with Gasteiger partial charge in [0, 0.05) is 17.3 Å². The molecule has 5 heteroatoms. The van der Waals surface area contributed by atoms with E-state index in [2.05, 4.69) is 0 Å². The smallest absolute Gasteiger partial charge is 0.190 e. The zero-order chi connectivity index (χ0) is 25.2. The van der Waals surface area contributed by atoms with Crippen LogP contribution in [0.5, 0.6) is 0 Å². The van der Waals surface area contributed by atoms with Crippen LogP contribution >= 0.6 is 0 Å². The van der Waals surface area contributed by atoms with E-state index in [0.29, 0.717) is 0 Å². The lowest BCUT2D eigenvalue weighted by Crippen LogP contribution is -2.62. The van der Waals surface area contributed by atoms with E-state index >= 15 is 0 Å². The molecule has 0 radical (unpaired) electrons. The van der Waals surface area contributed by atoms with Gasteiger partial charge < -0.3 is 15.3 Å². The molecule has 0 amide bonds. The van der Waals surface area contributed by atoms with E-state index in [1.54, 1.807) is 13.8 Å². The summed E-state index contributed by atoms with van der Waals surface area (Å²) < 4.78 is 57.0. The van der Waals surface area contributed by atoms with Crippen molar-refractivity contribution in [2.75, 3.05) is 6.56 Å². The molecule has 4 rings (SSSR count). The number of Topliss-reactive ketones (excluding diaryl/α,β-unsaturated/α-hetero) is 1. The maximum atomic E-state index is 12.7. The third kappa shape index (κ3) is 2.14. The SMILES string of the molecule is [2H]C1=C2C([2H])([2H])C[C@@H]3[C@H]([C@@H](O)C[C@@]4(C)[C@H]3CC[C@]4(O)C(=O)C([2H])([2H])O)[C@@]2(C)CC([2H])([2H])C1=O. The third-order valence-corrected chi connectivity index (χ3v) is 7.76. The molecule has 4 aliphatic rings. The minimum atomic E-state index is -3.28. The first-order valence-corrected chi connectivity index (χ1v) is 9.18. The Morgan fingerprint density at radius 2 is 2.12 bits per heavy atom. The number of aliphatic hydroxyl groups is 3. The molecule has 0 heterocycles. The number of ketones is 2. The van der Waals surface area contributed by atoms with Gasteiger partial charge in [0.2, 0.25) is 0 Å². The van der Waals surface area contributed by atoms with E-state index in [9.17, 15) is 24.9 Å². The summed E-state index contributed by atoms with van der Waals surface area (Å²) in [5.74, 6) is -4.32. The zero-order valence-electron chi connectivity index (χ0n) is 22.0. The first-order chi connectivity index (χ1) is 14.7. The van der Waals surface area contributed by atoms with Gasteiger partial charge in [0.05, 0.1) is 10.2 Å². The summed E-state index contributed by atoms with van der Waals surface area (Å²) in [6.07, 6.45) is -6.42. The second-order valence-electron chi connectivity index (χ2n) is 8.81. The first-order valence-electron chi connectivity index (χ1n) is 12.7. The molecular formula is C21H30O5. The van der Waals surface area contributed by atoms with Crippen LogP contribution < -0.4 is 0 Å². The minimum Gasteiger partial charge on any atom is -0.393 e. The molecule has 0 aliphatic heterocycles. The molecule has 0 aromatic heterocycles. The van der Waals surface area contributed by atoms with Crippen LogP contribution in [0, 0.1) is 28.6 Å². The Morgan fingerprint density at radius 3 is 2.81 bits per heavy atom. The lowest BCUT2D eigenvalue weighted by Gasteiger charge is -2.60. The molecule has 3 fully saturated rings. The highest BCUT2D eigenvalue weighted by Crippen LogP contribution is 2.67. The molecule has 26 heavy (non-hydrogen) atoms. The van der Waals surface area contributed by atoms with Crippen LogP contribution in [0.1, 0.15) is 68.3 Å². The molecule has 0 saturated heterocycles. The maximum absolute atomic E-state index is 12.7. The normalized spacial score (nSPS) is 59.3. The van der Waals surface area contributed by atoms with Crippen molar-refractivity contribution in [3.63, 3.8) is 0 Å².